The van der Waals surface area contributed by atoms with Crippen LogP contribution in [0.2, 0.25) is 0 Å². The van der Waals surface area contributed by atoms with Gasteiger partial charge in [0.1, 0.15) is 13.9 Å². The number of imidazole rings is 1. The SMILES string of the molecule is [B]c1ccccc1CC1N=C(c2ccc3[nH]c(=O)[nH]c3c2)C2=CC(Cl)CC=C2NC1=O. The molecule has 0 fully saturated rings. The van der Waals surface area contributed by atoms with Crippen molar-refractivity contribution in [3.8, 4) is 0 Å². The lowest BCUT2D eigenvalue weighted by Crippen LogP contribution is -2.34. The van der Waals surface area contributed by atoms with Gasteiger partial charge in [0.15, 0.2) is 0 Å². The van der Waals surface area contributed by atoms with Crippen LogP contribution in [0.4, 0.5) is 0 Å². The molecule has 1 aliphatic carbocycles. The number of amides is 1. The number of H-pyrrole nitrogens is 2. The molecule has 2 radical (unpaired) electrons. The quantitative estimate of drug-likeness (QED) is 0.440. The van der Waals surface area contributed by atoms with Gasteiger partial charge in [0.05, 0.1) is 22.1 Å². The van der Waals surface area contributed by atoms with Gasteiger partial charge in [0.25, 0.3) is 0 Å². The topological polar surface area (TPSA) is 90.1 Å². The summed E-state index contributed by atoms with van der Waals surface area (Å²) in [6, 6.07) is 12.4. The summed E-state index contributed by atoms with van der Waals surface area (Å²) in [5.41, 5.74) is 5.50. The maximum Gasteiger partial charge on any atom is 0.323 e. The third-order valence-corrected chi connectivity index (χ3v) is 5.85. The van der Waals surface area contributed by atoms with Crippen LogP contribution in [0.1, 0.15) is 17.5 Å². The van der Waals surface area contributed by atoms with Crippen molar-refractivity contribution >= 4 is 47.6 Å². The summed E-state index contributed by atoms with van der Waals surface area (Å²) in [6.45, 7) is 0. The molecule has 8 heteroatoms. The molecule has 1 aliphatic heterocycles. The van der Waals surface area contributed by atoms with Gasteiger partial charge in [-0.05, 0) is 18.6 Å². The van der Waals surface area contributed by atoms with E-state index < -0.39 is 6.04 Å². The van der Waals surface area contributed by atoms with Gasteiger partial charge in [-0.3, -0.25) is 9.79 Å². The van der Waals surface area contributed by atoms with Crippen LogP contribution in [0.25, 0.3) is 11.0 Å². The third-order valence-electron chi connectivity index (χ3n) is 5.54. The maximum absolute atomic E-state index is 13.0. The first-order valence-corrected chi connectivity index (χ1v) is 10.4. The minimum Gasteiger partial charge on any atom is -0.324 e. The lowest BCUT2D eigenvalue weighted by Gasteiger charge is -2.18. The Morgan fingerprint density at radius 2 is 1.90 bits per heavy atom. The van der Waals surface area contributed by atoms with Crippen LogP contribution < -0.4 is 16.5 Å². The van der Waals surface area contributed by atoms with Crippen LogP contribution >= 0.6 is 11.6 Å². The zero-order valence-electron chi connectivity index (χ0n) is 16.5. The molecule has 0 saturated heterocycles. The van der Waals surface area contributed by atoms with Crippen molar-refractivity contribution in [1.82, 2.24) is 15.3 Å². The summed E-state index contributed by atoms with van der Waals surface area (Å²) in [7, 11) is 6.11. The van der Waals surface area contributed by atoms with E-state index in [0.717, 1.165) is 16.7 Å². The Morgan fingerprint density at radius 1 is 1.10 bits per heavy atom. The van der Waals surface area contributed by atoms with Crippen molar-refractivity contribution < 1.29 is 4.79 Å². The molecule has 3 aromatic rings. The lowest BCUT2D eigenvalue weighted by molar-refractivity contribution is -0.121. The smallest absolute Gasteiger partial charge is 0.323 e. The highest BCUT2D eigenvalue weighted by Gasteiger charge is 2.30. The number of nitrogens with zero attached hydrogens (tertiary/aromatic N) is 1. The second-order valence-corrected chi connectivity index (χ2v) is 8.24. The summed E-state index contributed by atoms with van der Waals surface area (Å²) in [4.78, 5) is 35.1. The van der Waals surface area contributed by atoms with E-state index in [1.807, 2.05) is 54.6 Å². The first-order chi connectivity index (χ1) is 15.0. The van der Waals surface area contributed by atoms with Crippen LogP contribution in [0, 0.1) is 0 Å². The second kappa shape index (κ2) is 7.74. The molecule has 1 aromatic heterocycles. The molecule has 152 valence electrons. The lowest BCUT2D eigenvalue weighted by atomic mass is 9.87. The van der Waals surface area contributed by atoms with Gasteiger partial charge >= 0.3 is 5.69 Å². The molecular weight excluding hydrogens is 411 g/mol. The second-order valence-electron chi connectivity index (χ2n) is 7.68. The van der Waals surface area contributed by atoms with Crippen LogP contribution in [-0.2, 0) is 11.2 Å². The summed E-state index contributed by atoms with van der Waals surface area (Å²) in [6.07, 6.45) is 4.83. The average Bonchev–Trinajstić information content (AvgIpc) is 3.06. The number of nitrogens with one attached hydrogen (secondary N) is 3. The van der Waals surface area contributed by atoms with Crippen molar-refractivity contribution in [2.45, 2.75) is 24.3 Å². The Labute approximate surface area is 184 Å². The number of halogens is 1. The fourth-order valence-electron chi connectivity index (χ4n) is 3.98. The Balaban J connectivity index is 1.65. The van der Waals surface area contributed by atoms with Gasteiger partial charge in [-0.25, -0.2) is 4.79 Å². The Bertz CT molecular complexity index is 1350. The molecule has 0 spiro atoms. The predicted molar refractivity (Wildman–Crippen MR) is 123 cm³/mol. The van der Waals surface area contributed by atoms with E-state index in [1.165, 1.54) is 0 Å². The van der Waals surface area contributed by atoms with Gasteiger partial charge < -0.3 is 15.3 Å². The molecule has 3 N–H and O–H groups in total. The normalized spacial score (nSPS) is 20.9. The van der Waals surface area contributed by atoms with Crippen LogP contribution in [0.3, 0.4) is 0 Å². The number of rotatable bonds is 3. The van der Waals surface area contributed by atoms with E-state index in [4.69, 9.17) is 24.4 Å². The monoisotopic (exact) mass is 428 g/mol. The van der Waals surface area contributed by atoms with Crippen molar-refractivity contribution in [3.05, 3.63) is 87.5 Å². The number of hydrogen-bond acceptors (Lipinski definition) is 3. The molecule has 5 rings (SSSR count). The van der Waals surface area contributed by atoms with Crippen molar-refractivity contribution in [2.24, 2.45) is 4.99 Å². The number of carbonyl (C=O) groups excluding carboxylic acids is 1. The number of alkyl halides is 1. The Hall–Kier alpha value is -3.32. The Morgan fingerprint density at radius 3 is 2.74 bits per heavy atom. The Kier molecular flexibility index (Phi) is 4.90. The average molecular weight is 429 g/mol. The molecule has 31 heavy (non-hydrogen) atoms. The summed E-state index contributed by atoms with van der Waals surface area (Å²) in [5, 5.41) is 2.81. The molecule has 0 saturated carbocycles. The number of benzene rings is 2. The number of aromatic amines is 2. The summed E-state index contributed by atoms with van der Waals surface area (Å²) in [5.74, 6) is -0.195. The minimum atomic E-state index is -0.665. The number of aromatic nitrogens is 2. The van der Waals surface area contributed by atoms with Gasteiger partial charge in [0.2, 0.25) is 5.91 Å². The standard InChI is InChI=1S/C23H18BClN4O2/c24-16-4-2-1-3-12(16)9-20-22(30)27-17-8-6-14(25)11-15(17)21(26-20)13-5-7-18-19(10-13)29-23(31)28-18/h1-5,7-8,10-11,14,20H,6,9H2,(H,27,30)(H2,28,29,31). The van der Waals surface area contributed by atoms with E-state index in [1.54, 1.807) is 0 Å². The highest BCUT2D eigenvalue weighted by molar-refractivity contribution is 6.33. The highest BCUT2D eigenvalue weighted by atomic mass is 35.5. The molecule has 0 bridgehead atoms. The molecule has 2 atom stereocenters. The minimum absolute atomic E-state index is 0.195. The fraction of sp³-hybridized carbons (Fsp3) is 0.174. The van der Waals surface area contributed by atoms with E-state index in [0.29, 0.717) is 40.7 Å². The molecule has 6 nitrogen and oxygen atoms in total. The first-order valence-electron chi connectivity index (χ1n) is 9.99. The van der Waals surface area contributed by atoms with Gasteiger partial charge in [-0.2, -0.15) is 0 Å². The van der Waals surface area contributed by atoms with Crippen molar-refractivity contribution in [2.75, 3.05) is 0 Å². The zero-order chi connectivity index (χ0) is 21.5. The molecule has 2 aliphatic rings. The van der Waals surface area contributed by atoms with E-state index in [2.05, 4.69) is 15.3 Å². The van der Waals surface area contributed by atoms with E-state index >= 15 is 0 Å². The maximum atomic E-state index is 13.0. The molecule has 2 heterocycles. The predicted octanol–water partition coefficient (Wildman–Crippen LogP) is 2.00. The molecule has 2 aromatic carbocycles. The fourth-order valence-corrected chi connectivity index (χ4v) is 4.20. The van der Waals surface area contributed by atoms with Gasteiger partial charge in [0, 0.05) is 23.3 Å². The summed E-state index contributed by atoms with van der Waals surface area (Å²) >= 11 is 6.41. The third kappa shape index (κ3) is 3.77. The largest absolute Gasteiger partial charge is 0.324 e. The molecule has 1 amide bonds. The van der Waals surface area contributed by atoms with Crippen LogP contribution in [0.15, 0.2) is 75.7 Å². The first kappa shape index (κ1) is 19.6. The number of fused-ring (bicyclic) bond motifs is 2. The molecular formula is C23H18BClN4O2. The highest BCUT2D eigenvalue weighted by Crippen LogP contribution is 2.28. The number of aliphatic imine (C=N–C) groups is 1. The zero-order valence-corrected chi connectivity index (χ0v) is 17.2. The van der Waals surface area contributed by atoms with Crippen molar-refractivity contribution in [3.63, 3.8) is 0 Å². The van der Waals surface area contributed by atoms with Gasteiger partial charge in [-0.15, -0.1) is 11.6 Å². The molecule has 2 unspecified atom stereocenters. The number of allylic oxidation sites excluding steroid dienone is 3. The van der Waals surface area contributed by atoms with Gasteiger partial charge in [-0.1, -0.05) is 53.5 Å². The van der Waals surface area contributed by atoms with E-state index in [-0.39, 0.29) is 17.0 Å². The van der Waals surface area contributed by atoms with Crippen molar-refractivity contribution in [1.29, 1.82) is 0 Å². The summed E-state index contributed by atoms with van der Waals surface area (Å²) < 4.78 is 0. The van der Waals surface area contributed by atoms with Crippen LogP contribution in [-0.4, -0.2) is 40.9 Å². The van der Waals surface area contributed by atoms with E-state index in [9.17, 15) is 9.59 Å². The number of hydrogen-bond donors (Lipinski definition) is 3. The van der Waals surface area contributed by atoms with Crippen LogP contribution in [0.5, 0.6) is 0 Å². The number of carbonyl (C=O) groups is 1.